The highest BCUT2D eigenvalue weighted by atomic mass is 14.5. The van der Waals surface area contributed by atoms with Gasteiger partial charge in [-0.1, -0.05) is 44.7 Å². The van der Waals surface area contributed by atoms with Crippen LogP contribution in [0.2, 0.25) is 0 Å². The molecular weight excluding hydrogens is 194 g/mol. The van der Waals surface area contributed by atoms with E-state index in [9.17, 15) is 0 Å². The van der Waals surface area contributed by atoms with E-state index >= 15 is 0 Å². The van der Waals surface area contributed by atoms with Gasteiger partial charge < -0.3 is 5.73 Å². The maximum absolute atomic E-state index is 5.73. The number of nitrogen functional groups attached to an aromatic ring is 1. The van der Waals surface area contributed by atoms with Crippen molar-refractivity contribution in [2.24, 2.45) is 5.92 Å². The molecule has 0 heterocycles. The molecule has 0 spiro atoms. The van der Waals surface area contributed by atoms with Crippen molar-refractivity contribution in [2.75, 3.05) is 5.73 Å². The normalized spacial score (nSPS) is 20.3. The molecule has 1 saturated carbocycles. The fourth-order valence-electron chi connectivity index (χ4n) is 2.88. The predicted octanol–water partition coefficient (Wildman–Crippen LogP) is 4.34. The lowest BCUT2D eigenvalue weighted by atomic mass is 9.83. The van der Waals surface area contributed by atoms with Crippen LogP contribution in [0.15, 0.2) is 24.3 Å². The molecule has 1 fully saturated rings. The molecule has 0 amide bonds. The SMILES string of the molecule is CC(c1ccc(N)cc1)C1CCCCCC1. The molecule has 2 rings (SSSR count). The zero-order valence-corrected chi connectivity index (χ0v) is 10.3. The number of benzene rings is 1. The molecule has 0 aliphatic heterocycles. The van der Waals surface area contributed by atoms with Crippen molar-refractivity contribution in [3.8, 4) is 0 Å². The monoisotopic (exact) mass is 217 g/mol. The van der Waals surface area contributed by atoms with Crippen LogP contribution in [0, 0.1) is 5.92 Å². The molecule has 0 bridgehead atoms. The van der Waals surface area contributed by atoms with E-state index in [1.165, 1.54) is 44.1 Å². The fourth-order valence-corrected chi connectivity index (χ4v) is 2.88. The van der Waals surface area contributed by atoms with Gasteiger partial charge in [-0.2, -0.15) is 0 Å². The van der Waals surface area contributed by atoms with Gasteiger partial charge in [0.2, 0.25) is 0 Å². The van der Waals surface area contributed by atoms with Crippen molar-refractivity contribution in [1.82, 2.24) is 0 Å². The number of hydrogen-bond acceptors (Lipinski definition) is 1. The summed E-state index contributed by atoms with van der Waals surface area (Å²) in [6.45, 7) is 2.38. The molecule has 0 saturated heterocycles. The third-order valence-electron chi connectivity index (χ3n) is 4.07. The highest BCUT2D eigenvalue weighted by Crippen LogP contribution is 2.34. The summed E-state index contributed by atoms with van der Waals surface area (Å²) in [4.78, 5) is 0. The molecule has 88 valence electrons. The molecule has 0 aromatic heterocycles. The Hall–Kier alpha value is -0.980. The lowest BCUT2D eigenvalue weighted by molar-refractivity contribution is 0.394. The first kappa shape index (κ1) is 11.5. The Kier molecular flexibility index (Phi) is 3.87. The number of anilines is 1. The van der Waals surface area contributed by atoms with Crippen molar-refractivity contribution in [1.29, 1.82) is 0 Å². The molecule has 1 heteroatoms. The van der Waals surface area contributed by atoms with E-state index in [1.54, 1.807) is 0 Å². The Balaban J connectivity index is 2.04. The van der Waals surface area contributed by atoms with E-state index in [2.05, 4.69) is 19.1 Å². The largest absolute Gasteiger partial charge is 0.399 e. The smallest absolute Gasteiger partial charge is 0.0314 e. The summed E-state index contributed by atoms with van der Waals surface area (Å²) in [6, 6.07) is 8.46. The van der Waals surface area contributed by atoms with Crippen LogP contribution in [-0.4, -0.2) is 0 Å². The molecule has 2 N–H and O–H groups in total. The zero-order chi connectivity index (χ0) is 11.4. The first-order valence-corrected chi connectivity index (χ1v) is 6.63. The number of rotatable bonds is 2. The standard InChI is InChI=1S/C15H23N/c1-12(13-6-4-2-3-5-7-13)14-8-10-15(16)11-9-14/h8-13H,2-7,16H2,1H3. The highest BCUT2D eigenvalue weighted by molar-refractivity contribution is 5.40. The molecule has 1 aromatic rings. The molecule has 1 atom stereocenters. The van der Waals surface area contributed by atoms with Crippen molar-refractivity contribution in [2.45, 2.75) is 51.4 Å². The summed E-state index contributed by atoms with van der Waals surface area (Å²) in [7, 11) is 0. The molecule has 16 heavy (non-hydrogen) atoms. The van der Waals surface area contributed by atoms with Gasteiger partial charge in [-0.15, -0.1) is 0 Å². The molecule has 0 radical (unpaired) electrons. The summed E-state index contributed by atoms with van der Waals surface area (Å²) in [5, 5.41) is 0. The van der Waals surface area contributed by atoms with E-state index in [4.69, 9.17) is 5.73 Å². The Morgan fingerprint density at radius 2 is 1.56 bits per heavy atom. The van der Waals surface area contributed by atoms with E-state index in [1.807, 2.05) is 12.1 Å². The average molecular weight is 217 g/mol. The maximum Gasteiger partial charge on any atom is 0.0314 e. The Morgan fingerprint density at radius 3 is 2.12 bits per heavy atom. The summed E-state index contributed by atoms with van der Waals surface area (Å²) in [5.74, 6) is 1.57. The first-order chi connectivity index (χ1) is 7.77. The van der Waals surface area contributed by atoms with Crippen LogP contribution in [0.25, 0.3) is 0 Å². The quantitative estimate of drug-likeness (QED) is 0.578. The van der Waals surface area contributed by atoms with Crippen LogP contribution in [0.5, 0.6) is 0 Å². The summed E-state index contributed by atoms with van der Waals surface area (Å²) in [6.07, 6.45) is 8.53. The van der Waals surface area contributed by atoms with Crippen LogP contribution in [0.4, 0.5) is 5.69 Å². The van der Waals surface area contributed by atoms with E-state index in [0.717, 1.165) is 11.6 Å². The minimum absolute atomic E-state index is 0.693. The van der Waals surface area contributed by atoms with Gasteiger partial charge >= 0.3 is 0 Å². The second-order valence-corrected chi connectivity index (χ2v) is 5.21. The second kappa shape index (κ2) is 5.38. The first-order valence-electron chi connectivity index (χ1n) is 6.63. The van der Waals surface area contributed by atoms with Crippen LogP contribution in [-0.2, 0) is 0 Å². The average Bonchev–Trinajstić information content (AvgIpc) is 2.57. The van der Waals surface area contributed by atoms with E-state index in [0.29, 0.717) is 5.92 Å². The maximum atomic E-state index is 5.73. The van der Waals surface area contributed by atoms with Gasteiger partial charge in [0.15, 0.2) is 0 Å². The van der Waals surface area contributed by atoms with Gasteiger partial charge in [-0.05, 0) is 42.4 Å². The van der Waals surface area contributed by atoms with E-state index in [-0.39, 0.29) is 0 Å². The Morgan fingerprint density at radius 1 is 1.00 bits per heavy atom. The van der Waals surface area contributed by atoms with Gasteiger partial charge in [0.1, 0.15) is 0 Å². The van der Waals surface area contributed by atoms with Gasteiger partial charge in [-0.25, -0.2) is 0 Å². The third kappa shape index (κ3) is 2.78. The van der Waals surface area contributed by atoms with Crippen LogP contribution < -0.4 is 5.73 Å². The number of nitrogens with two attached hydrogens (primary N) is 1. The highest BCUT2D eigenvalue weighted by Gasteiger charge is 2.20. The molecular formula is C15H23N. The van der Waals surface area contributed by atoms with E-state index < -0.39 is 0 Å². The lowest BCUT2D eigenvalue weighted by Gasteiger charge is -2.22. The van der Waals surface area contributed by atoms with Crippen molar-refractivity contribution >= 4 is 5.69 Å². The Labute approximate surface area is 99.0 Å². The van der Waals surface area contributed by atoms with Gasteiger partial charge in [0, 0.05) is 5.69 Å². The van der Waals surface area contributed by atoms with Crippen LogP contribution >= 0.6 is 0 Å². The minimum Gasteiger partial charge on any atom is -0.399 e. The molecule has 1 unspecified atom stereocenters. The van der Waals surface area contributed by atoms with Crippen LogP contribution in [0.1, 0.15) is 56.9 Å². The second-order valence-electron chi connectivity index (χ2n) is 5.21. The van der Waals surface area contributed by atoms with Gasteiger partial charge in [0.05, 0.1) is 0 Å². The third-order valence-corrected chi connectivity index (χ3v) is 4.07. The molecule has 1 nitrogen and oxygen atoms in total. The topological polar surface area (TPSA) is 26.0 Å². The predicted molar refractivity (Wildman–Crippen MR) is 70.5 cm³/mol. The summed E-state index contributed by atoms with van der Waals surface area (Å²) < 4.78 is 0. The van der Waals surface area contributed by atoms with Crippen LogP contribution in [0.3, 0.4) is 0 Å². The molecule has 1 aliphatic carbocycles. The van der Waals surface area contributed by atoms with Crippen molar-refractivity contribution in [3.05, 3.63) is 29.8 Å². The zero-order valence-electron chi connectivity index (χ0n) is 10.3. The van der Waals surface area contributed by atoms with Crippen molar-refractivity contribution < 1.29 is 0 Å². The Bertz CT molecular complexity index is 307. The molecule has 1 aliphatic rings. The molecule has 1 aromatic carbocycles. The minimum atomic E-state index is 0.693. The summed E-state index contributed by atoms with van der Waals surface area (Å²) in [5.41, 5.74) is 8.06. The van der Waals surface area contributed by atoms with Crippen molar-refractivity contribution in [3.63, 3.8) is 0 Å². The summed E-state index contributed by atoms with van der Waals surface area (Å²) >= 11 is 0. The van der Waals surface area contributed by atoms with Gasteiger partial charge in [-0.3, -0.25) is 0 Å². The fraction of sp³-hybridized carbons (Fsp3) is 0.600. The van der Waals surface area contributed by atoms with Gasteiger partial charge in [0.25, 0.3) is 0 Å². The lowest BCUT2D eigenvalue weighted by Crippen LogP contribution is -2.09. The number of hydrogen-bond donors (Lipinski definition) is 1.